The number of rotatable bonds is 2. The summed E-state index contributed by atoms with van der Waals surface area (Å²) in [4.78, 5) is 0.289. The molecule has 0 bridgehead atoms. The van der Waals surface area contributed by atoms with Gasteiger partial charge < -0.3 is 4.74 Å². The second-order valence-electron chi connectivity index (χ2n) is 7.01. The molecule has 0 aromatic heterocycles. The fourth-order valence-corrected chi connectivity index (χ4v) is 4.70. The lowest BCUT2D eigenvalue weighted by Crippen LogP contribution is -2.32. The summed E-state index contributed by atoms with van der Waals surface area (Å²) < 4.78 is 33.1. The number of fused-ring (bicyclic) bond motifs is 1. The molecule has 0 spiro atoms. The molecule has 2 aliphatic heterocycles. The molecule has 0 N–H and O–H groups in total. The van der Waals surface area contributed by atoms with Gasteiger partial charge in [-0.15, -0.1) is 0 Å². The maximum atomic E-state index is 13.0. The number of sulfonamides is 1. The molecule has 0 aliphatic carbocycles. The first kappa shape index (κ1) is 19.1. The summed E-state index contributed by atoms with van der Waals surface area (Å²) in [6.45, 7) is 6.57. The van der Waals surface area contributed by atoms with Crippen molar-refractivity contribution < 1.29 is 13.2 Å². The molecule has 0 unspecified atom stereocenters. The minimum Gasteiger partial charge on any atom is -0.488 e. The predicted molar refractivity (Wildman–Crippen MR) is 113 cm³/mol. The standard InChI is InChI=1S/C24H21NO3S/c1-18-8-11-22(12-9-18)29(26,27)25-15-14-24-21(16-25)17-28-19(2)23(24)13-10-20-6-4-3-5-7-20/h3-9,11-12,16H,2,14-15,17H2,1H3. The molecule has 29 heavy (non-hydrogen) atoms. The van der Waals surface area contributed by atoms with Crippen molar-refractivity contribution in [2.24, 2.45) is 0 Å². The van der Waals surface area contributed by atoms with Crippen molar-refractivity contribution in [2.75, 3.05) is 13.2 Å². The van der Waals surface area contributed by atoms with Crippen LogP contribution in [0, 0.1) is 18.8 Å². The van der Waals surface area contributed by atoms with Crippen LogP contribution in [0.15, 0.2) is 94.8 Å². The largest absolute Gasteiger partial charge is 0.488 e. The van der Waals surface area contributed by atoms with E-state index in [2.05, 4.69) is 18.4 Å². The fraction of sp³-hybridized carbons (Fsp3) is 0.167. The molecule has 0 saturated heterocycles. The third-order valence-corrected chi connectivity index (χ3v) is 6.76. The van der Waals surface area contributed by atoms with Crippen LogP contribution >= 0.6 is 0 Å². The molecule has 2 aromatic carbocycles. The van der Waals surface area contributed by atoms with E-state index in [-0.39, 0.29) is 4.90 Å². The summed E-state index contributed by atoms with van der Waals surface area (Å²) in [6, 6.07) is 16.6. The zero-order valence-electron chi connectivity index (χ0n) is 16.2. The molecule has 4 rings (SSSR count). The van der Waals surface area contributed by atoms with E-state index in [1.807, 2.05) is 37.3 Å². The molecule has 0 fully saturated rings. The molecule has 4 nitrogen and oxygen atoms in total. The van der Waals surface area contributed by atoms with Crippen LogP contribution < -0.4 is 0 Å². The van der Waals surface area contributed by atoms with Gasteiger partial charge in [0.15, 0.2) is 0 Å². The smallest absolute Gasteiger partial charge is 0.263 e. The monoisotopic (exact) mass is 403 g/mol. The summed E-state index contributed by atoms with van der Waals surface area (Å²) in [5, 5.41) is 0. The Morgan fingerprint density at radius 3 is 2.48 bits per heavy atom. The first-order valence-electron chi connectivity index (χ1n) is 9.37. The normalized spacial score (nSPS) is 16.4. The van der Waals surface area contributed by atoms with Gasteiger partial charge in [-0.2, -0.15) is 0 Å². The number of ether oxygens (including phenoxy) is 1. The number of nitrogens with zero attached hydrogens (tertiary/aromatic N) is 1. The van der Waals surface area contributed by atoms with Crippen LogP contribution in [-0.2, 0) is 14.8 Å². The van der Waals surface area contributed by atoms with Crippen molar-refractivity contribution in [3.05, 3.63) is 101 Å². The number of benzene rings is 2. The molecule has 0 saturated carbocycles. The van der Waals surface area contributed by atoms with Gasteiger partial charge in [0.05, 0.1) is 10.5 Å². The van der Waals surface area contributed by atoms with Crippen LogP contribution in [0.1, 0.15) is 17.5 Å². The number of allylic oxidation sites excluding steroid dienone is 1. The molecule has 5 heteroatoms. The summed E-state index contributed by atoms with van der Waals surface area (Å²) in [5.41, 5.74) is 4.52. The van der Waals surface area contributed by atoms with E-state index in [4.69, 9.17) is 4.74 Å². The summed E-state index contributed by atoms with van der Waals surface area (Å²) in [6.07, 6.45) is 2.24. The Morgan fingerprint density at radius 1 is 1.03 bits per heavy atom. The van der Waals surface area contributed by atoms with Crippen LogP contribution in [0.4, 0.5) is 0 Å². The SMILES string of the molecule is C=C1OCC2=CN(S(=O)(=O)c3ccc(C)cc3)CCC2=C1C#Cc1ccccc1. The minimum atomic E-state index is -3.60. The van der Waals surface area contributed by atoms with Gasteiger partial charge in [-0.25, -0.2) is 8.42 Å². The molecule has 2 aromatic rings. The van der Waals surface area contributed by atoms with E-state index in [1.54, 1.807) is 30.5 Å². The quantitative estimate of drug-likeness (QED) is 0.707. The van der Waals surface area contributed by atoms with E-state index in [9.17, 15) is 8.42 Å². The van der Waals surface area contributed by atoms with E-state index in [0.29, 0.717) is 25.3 Å². The van der Waals surface area contributed by atoms with E-state index < -0.39 is 10.0 Å². The van der Waals surface area contributed by atoms with Crippen molar-refractivity contribution in [1.82, 2.24) is 4.31 Å². The Kier molecular flexibility index (Phi) is 5.04. The molecule has 2 heterocycles. The first-order valence-corrected chi connectivity index (χ1v) is 10.8. The predicted octanol–water partition coefficient (Wildman–Crippen LogP) is 4.17. The Morgan fingerprint density at radius 2 is 1.76 bits per heavy atom. The van der Waals surface area contributed by atoms with Crippen LogP contribution in [0.2, 0.25) is 0 Å². The highest BCUT2D eigenvalue weighted by Crippen LogP contribution is 2.34. The highest BCUT2D eigenvalue weighted by molar-refractivity contribution is 7.89. The number of aryl methyl sites for hydroxylation is 1. The fourth-order valence-electron chi connectivity index (χ4n) is 3.35. The molecular formula is C24H21NO3S. The van der Waals surface area contributed by atoms with Crippen molar-refractivity contribution in [3.8, 4) is 11.8 Å². The van der Waals surface area contributed by atoms with Crippen molar-refractivity contribution in [2.45, 2.75) is 18.2 Å². The number of hydrogen-bond acceptors (Lipinski definition) is 3. The third-order valence-electron chi connectivity index (χ3n) is 4.99. The lowest BCUT2D eigenvalue weighted by atomic mass is 9.93. The van der Waals surface area contributed by atoms with Crippen LogP contribution in [0.25, 0.3) is 0 Å². The summed E-state index contributed by atoms with van der Waals surface area (Å²) in [7, 11) is -3.60. The second-order valence-corrected chi connectivity index (χ2v) is 8.91. The van der Waals surface area contributed by atoms with E-state index in [1.165, 1.54) is 4.31 Å². The Hall–Kier alpha value is -3.23. The maximum absolute atomic E-state index is 13.0. The second kappa shape index (κ2) is 7.65. The molecule has 0 atom stereocenters. The lowest BCUT2D eigenvalue weighted by molar-refractivity contribution is 0.240. The summed E-state index contributed by atoms with van der Waals surface area (Å²) >= 11 is 0. The van der Waals surface area contributed by atoms with Gasteiger partial charge in [-0.1, -0.05) is 54.3 Å². The van der Waals surface area contributed by atoms with Gasteiger partial charge in [0.25, 0.3) is 10.0 Å². The van der Waals surface area contributed by atoms with Crippen LogP contribution in [-0.4, -0.2) is 25.9 Å². The zero-order chi connectivity index (χ0) is 20.4. The van der Waals surface area contributed by atoms with E-state index >= 15 is 0 Å². The van der Waals surface area contributed by atoms with Crippen molar-refractivity contribution in [3.63, 3.8) is 0 Å². The average Bonchev–Trinajstić information content (AvgIpc) is 2.74. The molecule has 0 amide bonds. The molecule has 0 radical (unpaired) electrons. The summed E-state index contributed by atoms with van der Waals surface area (Å²) in [5.74, 6) is 6.85. The maximum Gasteiger partial charge on any atom is 0.263 e. The Balaban J connectivity index is 1.69. The van der Waals surface area contributed by atoms with Gasteiger partial charge >= 0.3 is 0 Å². The van der Waals surface area contributed by atoms with Crippen LogP contribution in [0.3, 0.4) is 0 Å². The van der Waals surface area contributed by atoms with Gasteiger partial charge in [0, 0.05) is 23.9 Å². The van der Waals surface area contributed by atoms with E-state index in [0.717, 1.165) is 27.8 Å². The van der Waals surface area contributed by atoms with Gasteiger partial charge in [-0.3, -0.25) is 4.31 Å². The topological polar surface area (TPSA) is 46.6 Å². The highest BCUT2D eigenvalue weighted by atomic mass is 32.2. The molecule has 146 valence electrons. The van der Waals surface area contributed by atoms with Gasteiger partial charge in [-0.05, 0) is 43.2 Å². The molecule has 2 aliphatic rings. The number of hydrogen-bond donors (Lipinski definition) is 0. The third kappa shape index (κ3) is 3.85. The van der Waals surface area contributed by atoms with Crippen molar-refractivity contribution in [1.29, 1.82) is 0 Å². The van der Waals surface area contributed by atoms with Crippen molar-refractivity contribution >= 4 is 10.0 Å². The minimum absolute atomic E-state index is 0.289. The Labute approximate surface area is 171 Å². The Bertz CT molecular complexity index is 1180. The van der Waals surface area contributed by atoms with Gasteiger partial charge in [0.2, 0.25) is 0 Å². The van der Waals surface area contributed by atoms with Gasteiger partial charge in [0.1, 0.15) is 12.4 Å². The highest BCUT2D eigenvalue weighted by Gasteiger charge is 2.30. The van der Waals surface area contributed by atoms with Crippen LogP contribution in [0.5, 0.6) is 0 Å². The zero-order valence-corrected chi connectivity index (χ0v) is 17.0. The molecular weight excluding hydrogens is 382 g/mol. The average molecular weight is 404 g/mol. The first-order chi connectivity index (χ1) is 13.9. The lowest BCUT2D eigenvalue weighted by Gasteiger charge is -2.31.